The summed E-state index contributed by atoms with van der Waals surface area (Å²) in [5.41, 5.74) is 1.02. The molecule has 0 saturated heterocycles. The number of benzene rings is 1. The Morgan fingerprint density at radius 3 is 2.94 bits per heavy atom. The second kappa shape index (κ2) is 5.96. The third kappa shape index (κ3) is 3.78. The Bertz CT molecular complexity index is 380. The maximum atomic E-state index is 12.9. The number of rotatable bonds is 3. The Morgan fingerprint density at radius 1 is 1.41 bits per heavy atom. The zero-order valence-corrected chi connectivity index (χ0v) is 11.7. The summed E-state index contributed by atoms with van der Waals surface area (Å²) in [6, 6.07) is 4.75. The van der Waals surface area contributed by atoms with Crippen molar-refractivity contribution >= 4 is 15.9 Å². The minimum absolute atomic E-state index is 0.216. The van der Waals surface area contributed by atoms with Crippen LogP contribution in [0.5, 0.6) is 0 Å². The topological polar surface area (TPSA) is 9.23 Å². The standard InChI is InChI=1S/C14H18BrFO/c1-10-3-2-4-13(7-10)17-9-11-5-6-12(16)8-14(11)15/h5-6,8,10,13H,2-4,7,9H2,1H3. The van der Waals surface area contributed by atoms with Gasteiger partial charge >= 0.3 is 0 Å². The van der Waals surface area contributed by atoms with E-state index < -0.39 is 0 Å². The molecule has 0 aliphatic heterocycles. The van der Waals surface area contributed by atoms with Crippen molar-refractivity contribution in [3.05, 3.63) is 34.1 Å². The third-order valence-electron chi connectivity index (χ3n) is 3.38. The highest BCUT2D eigenvalue weighted by atomic mass is 79.9. The Kier molecular flexibility index (Phi) is 4.57. The first kappa shape index (κ1) is 13.0. The van der Waals surface area contributed by atoms with E-state index in [0.717, 1.165) is 28.8 Å². The Labute approximate surface area is 110 Å². The van der Waals surface area contributed by atoms with Gasteiger partial charge in [-0.1, -0.05) is 41.8 Å². The average Bonchev–Trinajstić information content (AvgIpc) is 2.28. The highest BCUT2D eigenvalue weighted by Crippen LogP contribution is 2.27. The van der Waals surface area contributed by atoms with Gasteiger partial charge in [-0.2, -0.15) is 0 Å². The molecule has 94 valence electrons. The number of halogens is 2. The van der Waals surface area contributed by atoms with E-state index in [9.17, 15) is 4.39 Å². The van der Waals surface area contributed by atoms with Crippen LogP contribution in [0.25, 0.3) is 0 Å². The van der Waals surface area contributed by atoms with E-state index in [1.165, 1.54) is 25.0 Å². The molecular formula is C14H18BrFO. The predicted octanol–water partition coefficient (Wildman–Crippen LogP) is 4.68. The molecule has 17 heavy (non-hydrogen) atoms. The van der Waals surface area contributed by atoms with Crippen LogP contribution in [-0.4, -0.2) is 6.10 Å². The SMILES string of the molecule is CC1CCCC(OCc2ccc(F)cc2Br)C1. The zero-order valence-electron chi connectivity index (χ0n) is 10.1. The van der Waals surface area contributed by atoms with Gasteiger partial charge in [0.05, 0.1) is 12.7 Å². The third-order valence-corrected chi connectivity index (χ3v) is 4.12. The fraction of sp³-hybridized carbons (Fsp3) is 0.571. The molecule has 0 heterocycles. The van der Waals surface area contributed by atoms with Crippen LogP contribution in [0.15, 0.2) is 22.7 Å². The van der Waals surface area contributed by atoms with Crippen LogP contribution >= 0.6 is 15.9 Å². The average molecular weight is 301 g/mol. The highest BCUT2D eigenvalue weighted by molar-refractivity contribution is 9.10. The first-order valence-corrected chi connectivity index (χ1v) is 7.00. The first-order valence-electron chi connectivity index (χ1n) is 6.20. The molecule has 0 aromatic heterocycles. The van der Waals surface area contributed by atoms with E-state index in [1.807, 2.05) is 0 Å². The molecule has 0 amide bonds. The van der Waals surface area contributed by atoms with E-state index >= 15 is 0 Å². The molecule has 0 spiro atoms. The van der Waals surface area contributed by atoms with Crippen molar-refractivity contribution < 1.29 is 9.13 Å². The van der Waals surface area contributed by atoms with Gasteiger partial charge in [0.1, 0.15) is 5.82 Å². The number of ether oxygens (including phenoxy) is 1. The van der Waals surface area contributed by atoms with Crippen LogP contribution in [0.4, 0.5) is 4.39 Å². The molecule has 2 unspecified atom stereocenters. The van der Waals surface area contributed by atoms with E-state index in [4.69, 9.17) is 4.74 Å². The molecule has 1 fully saturated rings. The second-order valence-electron chi connectivity index (χ2n) is 4.94. The van der Waals surface area contributed by atoms with Crippen molar-refractivity contribution in [2.24, 2.45) is 5.92 Å². The normalized spacial score (nSPS) is 24.9. The van der Waals surface area contributed by atoms with Gasteiger partial charge in [0.25, 0.3) is 0 Å². The van der Waals surface area contributed by atoms with Gasteiger partial charge in [0, 0.05) is 4.47 Å². The van der Waals surface area contributed by atoms with Crippen LogP contribution in [-0.2, 0) is 11.3 Å². The smallest absolute Gasteiger partial charge is 0.124 e. The number of hydrogen-bond acceptors (Lipinski definition) is 1. The molecule has 0 radical (unpaired) electrons. The lowest BCUT2D eigenvalue weighted by Gasteiger charge is -2.26. The molecular weight excluding hydrogens is 283 g/mol. The van der Waals surface area contributed by atoms with Crippen molar-refractivity contribution in [2.45, 2.75) is 45.3 Å². The lowest BCUT2D eigenvalue weighted by atomic mass is 9.89. The van der Waals surface area contributed by atoms with E-state index in [0.29, 0.717) is 12.7 Å². The Hall–Kier alpha value is -0.410. The van der Waals surface area contributed by atoms with Gasteiger partial charge in [-0.15, -0.1) is 0 Å². The van der Waals surface area contributed by atoms with Gasteiger partial charge in [0.15, 0.2) is 0 Å². The lowest BCUT2D eigenvalue weighted by Crippen LogP contribution is -2.21. The van der Waals surface area contributed by atoms with Crippen LogP contribution in [0, 0.1) is 11.7 Å². The summed E-state index contributed by atoms with van der Waals surface area (Å²) < 4.78 is 19.6. The Morgan fingerprint density at radius 2 is 2.24 bits per heavy atom. The summed E-state index contributed by atoms with van der Waals surface area (Å²) in [5, 5.41) is 0. The fourth-order valence-electron chi connectivity index (χ4n) is 2.38. The summed E-state index contributed by atoms with van der Waals surface area (Å²) >= 11 is 3.36. The minimum Gasteiger partial charge on any atom is -0.373 e. The Balaban J connectivity index is 1.88. The van der Waals surface area contributed by atoms with Crippen molar-refractivity contribution in [1.82, 2.24) is 0 Å². The molecule has 0 bridgehead atoms. The van der Waals surface area contributed by atoms with Gasteiger partial charge < -0.3 is 4.74 Å². The van der Waals surface area contributed by atoms with Crippen LogP contribution in [0.3, 0.4) is 0 Å². The van der Waals surface area contributed by atoms with Crippen LogP contribution < -0.4 is 0 Å². The molecule has 0 N–H and O–H groups in total. The largest absolute Gasteiger partial charge is 0.373 e. The monoisotopic (exact) mass is 300 g/mol. The summed E-state index contributed by atoms with van der Waals surface area (Å²) in [7, 11) is 0. The summed E-state index contributed by atoms with van der Waals surface area (Å²) in [6.07, 6.45) is 5.26. The summed E-state index contributed by atoms with van der Waals surface area (Å²) in [4.78, 5) is 0. The van der Waals surface area contributed by atoms with Crippen molar-refractivity contribution in [3.63, 3.8) is 0 Å². The quantitative estimate of drug-likeness (QED) is 0.787. The van der Waals surface area contributed by atoms with Gasteiger partial charge in [0.2, 0.25) is 0 Å². The fourth-order valence-corrected chi connectivity index (χ4v) is 2.84. The molecule has 2 rings (SSSR count). The second-order valence-corrected chi connectivity index (χ2v) is 5.79. The first-order chi connectivity index (χ1) is 8.15. The molecule has 1 aromatic rings. The van der Waals surface area contributed by atoms with E-state index in [1.54, 1.807) is 6.07 Å². The van der Waals surface area contributed by atoms with Gasteiger partial charge in [-0.05, 0) is 36.5 Å². The van der Waals surface area contributed by atoms with Crippen LogP contribution in [0.2, 0.25) is 0 Å². The van der Waals surface area contributed by atoms with E-state index in [-0.39, 0.29) is 5.82 Å². The predicted molar refractivity (Wildman–Crippen MR) is 70.3 cm³/mol. The molecule has 1 aromatic carbocycles. The zero-order chi connectivity index (χ0) is 12.3. The van der Waals surface area contributed by atoms with Crippen LogP contribution in [0.1, 0.15) is 38.2 Å². The van der Waals surface area contributed by atoms with Gasteiger partial charge in [-0.3, -0.25) is 0 Å². The molecule has 2 atom stereocenters. The van der Waals surface area contributed by atoms with Crippen molar-refractivity contribution in [3.8, 4) is 0 Å². The minimum atomic E-state index is -0.216. The molecule has 1 aliphatic carbocycles. The highest BCUT2D eigenvalue weighted by Gasteiger charge is 2.19. The maximum Gasteiger partial charge on any atom is 0.124 e. The molecule has 3 heteroatoms. The van der Waals surface area contributed by atoms with Crippen molar-refractivity contribution in [1.29, 1.82) is 0 Å². The van der Waals surface area contributed by atoms with Crippen molar-refractivity contribution in [2.75, 3.05) is 0 Å². The summed E-state index contributed by atoms with van der Waals surface area (Å²) in [5.74, 6) is 0.553. The van der Waals surface area contributed by atoms with E-state index in [2.05, 4.69) is 22.9 Å². The molecule has 1 aliphatic rings. The molecule has 1 saturated carbocycles. The lowest BCUT2D eigenvalue weighted by molar-refractivity contribution is 0.00441. The van der Waals surface area contributed by atoms with Gasteiger partial charge in [-0.25, -0.2) is 4.39 Å². The molecule has 1 nitrogen and oxygen atoms in total. The number of hydrogen-bond donors (Lipinski definition) is 0. The maximum absolute atomic E-state index is 12.9. The summed E-state index contributed by atoms with van der Waals surface area (Å²) in [6.45, 7) is 2.85.